The van der Waals surface area contributed by atoms with Crippen molar-refractivity contribution in [2.75, 3.05) is 13.6 Å². The molecule has 1 amide bonds. The summed E-state index contributed by atoms with van der Waals surface area (Å²) in [6.07, 6.45) is -0.438. The molecule has 0 unspecified atom stereocenters. The summed E-state index contributed by atoms with van der Waals surface area (Å²) in [6.45, 7) is 14.3. The van der Waals surface area contributed by atoms with Crippen LogP contribution in [0.15, 0.2) is 15.5 Å². The fourth-order valence-corrected chi connectivity index (χ4v) is 2.19. The highest BCUT2D eigenvalue weighted by atomic mass is 127. The van der Waals surface area contributed by atoms with Gasteiger partial charge in [0.2, 0.25) is 0 Å². The lowest BCUT2D eigenvalue weighted by molar-refractivity contribution is 0.0474. The molecular formula is C18H33IN4O3. The lowest BCUT2D eigenvalue weighted by Crippen LogP contribution is -2.54. The highest BCUT2D eigenvalue weighted by Gasteiger charge is 2.24. The standard InChI is InChI=1S/C18H32N4O3.HI/c1-12-9-14(13(2)24-12)10-20-15(19-8)21-11-18(6,7)22-16(23)25-17(3,4)5;/h9H,10-11H2,1-8H3,(H,22,23)(H2,19,20,21);1H. The van der Waals surface area contributed by atoms with Gasteiger partial charge in [-0.3, -0.25) is 4.99 Å². The Bertz CT molecular complexity index is 618. The van der Waals surface area contributed by atoms with E-state index in [1.807, 2.05) is 54.5 Å². The number of rotatable bonds is 5. The molecule has 0 aromatic carbocycles. The zero-order valence-electron chi connectivity index (χ0n) is 17.1. The molecule has 0 aliphatic carbocycles. The van der Waals surface area contributed by atoms with Crippen molar-refractivity contribution >= 4 is 36.0 Å². The smallest absolute Gasteiger partial charge is 0.408 e. The van der Waals surface area contributed by atoms with Gasteiger partial charge >= 0.3 is 6.09 Å². The van der Waals surface area contributed by atoms with Crippen molar-refractivity contribution in [2.24, 2.45) is 4.99 Å². The van der Waals surface area contributed by atoms with Crippen molar-refractivity contribution in [3.05, 3.63) is 23.2 Å². The lowest BCUT2D eigenvalue weighted by Gasteiger charge is -2.29. The summed E-state index contributed by atoms with van der Waals surface area (Å²) < 4.78 is 10.8. The van der Waals surface area contributed by atoms with E-state index in [0.717, 1.165) is 17.1 Å². The number of furan rings is 1. The Morgan fingerprint density at radius 2 is 1.81 bits per heavy atom. The van der Waals surface area contributed by atoms with Gasteiger partial charge in [0.05, 0.1) is 5.54 Å². The van der Waals surface area contributed by atoms with Crippen LogP contribution < -0.4 is 16.0 Å². The van der Waals surface area contributed by atoms with E-state index in [2.05, 4.69) is 20.9 Å². The predicted molar refractivity (Wildman–Crippen MR) is 115 cm³/mol. The molecule has 0 atom stereocenters. The summed E-state index contributed by atoms with van der Waals surface area (Å²) in [5.41, 5.74) is 0.0695. The third-order valence-corrected chi connectivity index (χ3v) is 3.35. The van der Waals surface area contributed by atoms with Crippen LogP contribution >= 0.6 is 24.0 Å². The van der Waals surface area contributed by atoms with Gasteiger partial charge in [-0.05, 0) is 54.5 Å². The molecule has 7 nitrogen and oxygen atoms in total. The number of carbonyl (C=O) groups excluding carboxylic acids is 1. The number of amides is 1. The summed E-state index contributed by atoms with van der Waals surface area (Å²) in [6, 6.07) is 2.00. The van der Waals surface area contributed by atoms with E-state index in [1.165, 1.54) is 0 Å². The van der Waals surface area contributed by atoms with Crippen LogP contribution in [0.2, 0.25) is 0 Å². The van der Waals surface area contributed by atoms with Crippen LogP contribution in [0.3, 0.4) is 0 Å². The summed E-state index contributed by atoms with van der Waals surface area (Å²) in [4.78, 5) is 16.1. The normalized spacial score (nSPS) is 12.2. The second-order valence-corrected chi connectivity index (χ2v) is 7.73. The van der Waals surface area contributed by atoms with Crippen molar-refractivity contribution < 1.29 is 13.9 Å². The first-order valence-electron chi connectivity index (χ1n) is 8.43. The fraction of sp³-hybridized carbons (Fsp3) is 0.667. The van der Waals surface area contributed by atoms with Crippen LogP contribution in [0, 0.1) is 13.8 Å². The Balaban J connectivity index is 0.00000625. The van der Waals surface area contributed by atoms with Crippen LogP contribution in [0.5, 0.6) is 0 Å². The van der Waals surface area contributed by atoms with Crippen LogP contribution in [0.25, 0.3) is 0 Å². The molecule has 1 aromatic heterocycles. The van der Waals surface area contributed by atoms with E-state index in [0.29, 0.717) is 19.0 Å². The Labute approximate surface area is 173 Å². The van der Waals surface area contributed by atoms with E-state index in [9.17, 15) is 4.79 Å². The number of aryl methyl sites for hydroxylation is 2. The molecule has 0 aliphatic rings. The van der Waals surface area contributed by atoms with Crippen LogP contribution in [0.1, 0.15) is 51.7 Å². The number of alkyl carbamates (subject to hydrolysis) is 1. The highest BCUT2D eigenvalue weighted by molar-refractivity contribution is 14.0. The number of carbonyl (C=O) groups is 1. The van der Waals surface area contributed by atoms with Crippen molar-refractivity contribution in [1.82, 2.24) is 16.0 Å². The Morgan fingerprint density at radius 3 is 2.27 bits per heavy atom. The van der Waals surface area contributed by atoms with Crippen molar-refractivity contribution in [1.29, 1.82) is 0 Å². The quantitative estimate of drug-likeness (QED) is 0.341. The molecule has 26 heavy (non-hydrogen) atoms. The molecule has 8 heteroatoms. The van der Waals surface area contributed by atoms with E-state index < -0.39 is 17.2 Å². The molecule has 0 spiro atoms. The molecule has 1 aromatic rings. The average molecular weight is 480 g/mol. The SMILES string of the molecule is CN=C(NCc1cc(C)oc1C)NCC(C)(C)NC(=O)OC(C)(C)C.I. The summed E-state index contributed by atoms with van der Waals surface area (Å²) >= 11 is 0. The first-order chi connectivity index (χ1) is 11.4. The maximum atomic E-state index is 11.9. The molecule has 0 fully saturated rings. The molecule has 1 rings (SSSR count). The zero-order chi connectivity index (χ0) is 19.3. The third kappa shape index (κ3) is 9.30. The summed E-state index contributed by atoms with van der Waals surface area (Å²) in [5, 5.41) is 9.31. The maximum absolute atomic E-state index is 11.9. The van der Waals surface area contributed by atoms with Gasteiger partial charge in [0.25, 0.3) is 0 Å². The summed E-state index contributed by atoms with van der Waals surface area (Å²) in [7, 11) is 1.71. The van der Waals surface area contributed by atoms with E-state index in [-0.39, 0.29) is 24.0 Å². The number of aliphatic imine (C=N–C) groups is 1. The first kappa shape index (κ1) is 24.6. The predicted octanol–water partition coefficient (Wildman–Crippen LogP) is 3.48. The van der Waals surface area contributed by atoms with Gasteiger partial charge in [-0.15, -0.1) is 24.0 Å². The maximum Gasteiger partial charge on any atom is 0.408 e. The van der Waals surface area contributed by atoms with Gasteiger partial charge in [0.15, 0.2) is 5.96 Å². The second kappa shape index (κ2) is 10.0. The minimum atomic E-state index is -0.522. The third-order valence-electron chi connectivity index (χ3n) is 3.35. The molecule has 0 radical (unpaired) electrons. The van der Waals surface area contributed by atoms with Gasteiger partial charge in [0, 0.05) is 25.7 Å². The van der Waals surface area contributed by atoms with Crippen molar-refractivity contribution in [3.8, 4) is 0 Å². The number of nitrogens with one attached hydrogen (secondary N) is 3. The summed E-state index contributed by atoms with van der Waals surface area (Å²) in [5.74, 6) is 2.43. The van der Waals surface area contributed by atoms with E-state index >= 15 is 0 Å². The number of guanidine groups is 1. The zero-order valence-corrected chi connectivity index (χ0v) is 19.4. The van der Waals surface area contributed by atoms with Crippen LogP contribution in [-0.4, -0.2) is 36.8 Å². The van der Waals surface area contributed by atoms with Gasteiger partial charge in [-0.25, -0.2) is 4.79 Å². The lowest BCUT2D eigenvalue weighted by atomic mass is 10.1. The largest absolute Gasteiger partial charge is 0.466 e. The molecule has 0 saturated carbocycles. The highest BCUT2D eigenvalue weighted by Crippen LogP contribution is 2.13. The van der Waals surface area contributed by atoms with Gasteiger partial charge < -0.3 is 25.1 Å². The Morgan fingerprint density at radius 1 is 1.19 bits per heavy atom. The second-order valence-electron chi connectivity index (χ2n) is 7.73. The molecular weight excluding hydrogens is 447 g/mol. The number of nitrogens with zero attached hydrogens (tertiary/aromatic N) is 1. The topological polar surface area (TPSA) is 87.9 Å². The van der Waals surface area contributed by atoms with Crippen LogP contribution in [-0.2, 0) is 11.3 Å². The fourth-order valence-electron chi connectivity index (χ4n) is 2.19. The molecule has 0 bridgehead atoms. The van der Waals surface area contributed by atoms with E-state index in [1.54, 1.807) is 7.05 Å². The monoisotopic (exact) mass is 480 g/mol. The molecule has 0 aliphatic heterocycles. The van der Waals surface area contributed by atoms with Gasteiger partial charge in [-0.2, -0.15) is 0 Å². The van der Waals surface area contributed by atoms with Crippen LogP contribution in [0.4, 0.5) is 4.79 Å². The molecule has 150 valence electrons. The minimum absolute atomic E-state index is 0. The Hall–Kier alpha value is -1.45. The van der Waals surface area contributed by atoms with Gasteiger partial charge in [0.1, 0.15) is 17.1 Å². The minimum Gasteiger partial charge on any atom is -0.466 e. The average Bonchev–Trinajstić information content (AvgIpc) is 2.74. The number of hydrogen-bond acceptors (Lipinski definition) is 4. The van der Waals surface area contributed by atoms with E-state index in [4.69, 9.17) is 9.15 Å². The first-order valence-corrected chi connectivity index (χ1v) is 8.43. The number of hydrogen-bond donors (Lipinski definition) is 3. The molecule has 3 N–H and O–H groups in total. The Kier molecular flexibility index (Phi) is 9.47. The van der Waals surface area contributed by atoms with Crippen molar-refractivity contribution in [3.63, 3.8) is 0 Å². The number of ether oxygens (including phenoxy) is 1. The molecule has 1 heterocycles. The number of halogens is 1. The van der Waals surface area contributed by atoms with Crippen molar-refractivity contribution in [2.45, 2.75) is 66.2 Å². The van der Waals surface area contributed by atoms with Gasteiger partial charge in [-0.1, -0.05) is 0 Å². The molecule has 0 saturated heterocycles.